The summed E-state index contributed by atoms with van der Waals surface area (Å²) < 4.78 is 0. The predicted molar refractivity (Wildman–Crippen MR) is 109 cm³/mol. The van der Waals surface area contributed by atoms with E-state index < -0.39 is 0 Å². The van der Waals surface area contributed by atoms with Crippen LogP contribution in [-0.2, 0) is 11.2 Å². The van der Waals surface area contributed by atoms with Crippen molar-refractivity contribution >= 4 is 39.9 Å². The molecule has 0 bridgehead atoms. The number of benzene rings is 2. The number of thioether (sulfide) groups is 1. The van der Waals surface area contributed by atoms with Crippen molar-refractivity contribution < 1.29 is 4.79 Å². The summed E-state index contributed by atoms with van der Waals surface area (Å²) in [6.45, 7) is 4.15. The summed E-state index contributed by atoms with van der Waals surface area (Å²) in [5.41, 5.74) is 10.5. The Kier molecular flexibility index (Phi) is 4.28. The van der Waals surface area contributed by atoms with Gasteiger partial charge in [0.1, 0.15) is 0 Å². The molecule has 132 valence electrons. The van der Waals surface area contributed by atoms with Crippen LogP contribution in [0.2, 0.25) is 0 Å². The molecule has 0 aromatic heterocycles. The second-order valence-corrected chi connectivity index (χ2v) is 7.60. The monoisotopic (exact) mass is 364 g/mol. The second-order valence-electron chi connectivity index (χ2n) is 6.64. The molecule has 0 aliphatic carbocycles. The summed E-state index contributed by atoms with van der Waals surface area (Å²) in [4.78, 5) is 18.2. The molecule has 0 atom stereocenters. The topological polar surface area (TPSA) is 57.1 Å². The lowest BCUT2D eigenvalue weighted by molar-refractivity contribution is -0.117. The Balaban J connectivity index is 1.54. The normalized spacial score (nSPS) is 18.0. The average Bonchev–Trinajstić information content (AvgIpc) is 2.92. The Bertz CT molecular complexity index is 964. The van der Waals surface area contributed by atoms with Crippen molar-refractivity contribution in [1.82, 2.24) is 5.43 Å². The predicted octanol–water partition coefficient (Wildman–Crippen LogP) is 3.55. The fourth-order valence-corrected chi connectivity index (χ4v) is 3.99. The number of hydrogen-bond acceptors (Lipinski definition) is 4. The largest absolute Gasteiger partial charge is 0.315 e. The zero-order valence-electron chi connectivity index (χ0n) is 15.0. The van der Waals surface area contributed by atoms with Gasteiger partial charge in [0.2, 0.25) is 5.91 Å². The Morgan fingerprint density at radius 2 is 2.04 bits per heavy atom. The van der Waals surface area contributed by atoms with Crippen molar-refractivity contribution in [2.24, 2.45) is 10.1 Å². The number of carbonyl (C=O) groups excluding carboxylic acids is 1. The average molecular weight is 364 g/mol. The molecular formula is C20H20N4OS. The van der Waals surface area contributed by atoms with E-state index in [1.807, 2.05) is 25.2 Å². The maximum Gasteiger partial charge on any atom is 0.231 e. The van der Waals surface area contributed by atoms with E-state index in [2.05, 4.69) is 47.6 Å². The number of likely N-dealkylation sites (N-methyl/N-ethyl adjacent to an activating group) is 1. The van der Waals surface area contributed by atoms with E-state index in [9.17, 15) is 4.79 Å². The SMILES string of the molecule is Cc1ccc(N=C2NN=C(c3ccc4c(c3)CC(=O)N4C)CS2)c(C)c1. The van der Waals surface area contributed by atoms with Gasteiger partial charge in [-0.05, 0) is 48.7 Å². The summed E-state index contributed by atoms with van der Waals surface area (Å²) in [5, 5.41) is 5.31. The van der Waals surface area contributed by atoms with Crippen LogP contribution in [0.4, 0.5) is 11.4 Å². The van der Waals surface area contributed by atoms with Crippen LogP contribution in [0, 0.1) is 13.8 Å². The van der Waals surface area contributed by atoms with Crippen molar-refractivity contribution in [2.45, 2.75) is 20.3 Å². The van der Waals surface area contributed by atoms with E-state index in [0.29, 0.717) is 6.42 Å². The Morgan fingerprint density at radius 3 is 2.77 bits per heavy atom. The minimum atomic E-state index is 0.137. The Morgan fingerprint density at radius 1 is 1.19 bits per heavy atom. The molecule has 5 nitrogen and oxygen atoms in total. The molecule has 6 heteroatoms. The number of aryl methyl sites for hydroxylation is 2. The van der Waals surface area contributed by atoms with Gasteiger partial charge in [-0.2, -0.15) is 5.10 Å². The van der Waals surface area contributed by atoms with E-state index >= 15 is 0 Å². The first-order valence-electron chi connectivity index (χ1n) is 8.52. The van der Waals surface area contributed by atoms with Gasteiger partial charge in [-0.15, -0.1) is 0 Å². The van der Waals surface area contributed by atoms with Crippen LogP contribution in [0.1, 0.15) is 22.3 Å². The lowest BCUT2D eigenvalue weighted by Crippen LogP contribution is -2.25. The maximum absolute atomic E-state index is 11.8. The van der Waals surface area contributed by atoms with Gasteiger partial charge in [-0.3, -0.25) is 10.2 Å². The van der Waals surface area contributed by atoms with Crippen molar-refractivity contribution in [3.05, 3.63) is 58.7 Å². The van der Waals surface area contributed by atoms with Gasteiger partial charge >= 0.3 is 0 Å². The number of fused-ring (bicyclic) bond motifs is 1. The first kappa shape index (κ1) is 16.8. The third-order valence-corrected chi connectivity index (χ3v) is 5.57. The Hall–Kier alpha value is -2.60. The van der Waals surface area contributed by atoms with Gasteiger partial charge in [-0.25, -0.2) is 4.99 Å². The minimum Gasteiger partial charge on any atom is -0.315 e. The van der Waals surface area contributed by atoms with Crippen LogP contribution in [0.25, 0.3) is 0 Å². The fraction of sp³-hybridized carbons (Fsp3) is 0.250. The molecule has 1 amide bonds. The van der Waals surface area contributed by atoms with Crippen LogP contribution in [0.15, 0.2) is 46.5 Å². The van der Waals surface area contributed by atoms with Gasteiger partial charge in [0.15, 0.2) is 5.17 Å². The highest BCUT2D eigenvalue weighted by Gasteiger charge is 2.25. The number of rotatable bonds is 2. The van der Waals surface area contributed by atoms with E-state index in [-0.39, 0.29) is 5.91 Å². The lowest BCUT2D eigenvalue weighted by Gasteiger charge is -2.16. The molecule has 0 spiro atoms. The van der Waals surface area contributed by atoms with Gasteiger partial charge in [0.05, 0.1) is 17.8 Å². The summed E-state index contributed by atoms with van der Waals surface area (Å²) in [6.07, 6.45) is 0.465. The summed E-state index contributed by atoms with van der Waals surface area (Å²) in [6, 6.07) is 12.3. The highest BCUT2D eigenvalue weighted by molar-refractivity contribution is 8.14. The number of amides is 1. The number of aliphatic imine (C=N–C) groups is 1. The molecule has 0 unspecified atom stereocenters. The van der Waals surface area contributed by atoms with E-state index in [0.717, 1.165) is 44.7 Å². The zero-order valence-corrected chi connectivity index (χ0v) is 15.9. The summed E-state index contributed by atoms with van der Waals surface area (Å²) in [5.74, 6) is 0.886. The minimum absolute atomic E-state index is 0.137. The van der Waals surface area contributed by atoms with Gasteiger partial charge in [0.25, 0.3) is 0 Å². The summed E-state index contributed by atoms with van der Waals surface area (Å²) >= 11 is 1.64. The molecule has 2 aliphatic heterocycles. The van der Waals surface area contributed by atoms with E-state index in [1.54, 1.807) is 16.7 Å². The van der Waals surface area contributed by atoms with Gasteiger partial charge < -0.3 is 4.90 Å². The molecule has 2 aromatic rings. The third-order valence-electron chi connectivity index (χ3n) is 4.70. The Labute approximate surface area is 157 Å². The first-order chi connectivity index (χ1) is 12.5. The van der Waals surface area contributed by atoms with Crippen LogP contribution in [0.3, 0.4) is 0 Å². The molecule has 2 heterocycles. The number of amidine groups is 1. The highest BCUT2D eigenvalue weighted by atomic mass is 32.2. The third kappa shape index (κ3) is 3.12. The second kappa shape index (κ2) is 6.61. The fourth-order valence-electron chi connectivity index (χ4n) is 3.21. The van der Waals surface area contributed by atoms with Crippen LogP contribution in [0.5, 0.6) is 0 Å². The maximum atomic E-state index is 11.8. The van der Waals surface area contributed by atoms with Gasteiger partial charge in [0, 0.05) is 18.5 Å². The molecule has 0 saturated carbocycles. The zero-order chi connectivity index (χ0) is 18.3. The standard InChI is InChI=1S/C20H20N4OS/c1-12-4-6-16(13(2)8-12)21-20-23-22-17(11-26-20)14-5-7-18-15(9-14)10-19(25)24(18)3/h4-9H,10-11H2,1-3H3,(H,21,23). The lowest BCUT2D eigenvalue weighted by atomic mass is 10.1. The number of anilines is 1. The number of hydrogen-bond donors (Lipinski definition) is 1. The van der Waals surface area contributed by atoms with E-state index in [4.69, 9.17) is 0 Å². The molecule has 0 radical (unpaired) electrons. The highest BCUT2D eigenvalue weighted by Crippen LogP contribution is 2.29. The number of hydrazone groups is 1. The smallest absolute Gasteiger partial charge is 0.231 e. The molecule has 2 aromatic carbocycles. The van der Waals surface area contributed by atoms with E-state index in [1.165, 1.54) is 5.56 Å². The molecule has 4 rings (SSSR count). The molecule has 0 saturated heterocycles. The van der Waals surface area contributed by atoms with Crippen molar-refractivity contribution in [1.29, 1.82) is 0 Å². The summed E-state index contributed by atoms with van der Waals surface area (Å²) in [7, 11) is 1.82. The van der Waals surface area contributed by atoms with Gasteiger partial charge in [-0.1, -0.05) is 35.5 Å². The molecular weight excluding hydrogens is 344 g/mol. The number of nitrogens with one attached hydrogen (secondary N) is 1. The van der Waals surface area contributed by atoms with Crippen molar-refractivity contribution in [3.8, 4) is 0 Å². The van der Waals surface area contributed by atoms with Crippen molar-refractivity contribution in [3.63, 3.8) is 0 Å². The quantitative estimate of drug-likeness (QED) is 0.887. The van der Waals surface area contributed by atoms with Crippen molar-refractivity contribution in [2.75, 3.05) is 17.7 Å². The van der Waals surface area contributed by atoms with Crippen LogP contribution < -0.4 is 10.3 Å². The molecule has 2 aliphatic rings. The van der Waals surface area contributed by atoms with Crippen LogP contribution in [-0.4, -0.2) is 29.6 Å². The molecule has 1 N–H and O–H groups in total. The molecule has 26 heavy (non-hydrogen) atoms. The number of carbonyl (C=O) groups is 1. The van der Waals surface area contributed by atoms with Crippen LogP contribution >= 0.6 is 11.8 Å². The number of nitrogens with zero attached hydrogens (tertiary/aromatic N) is 3. The molecule has 0 fully saturated rings. The first-order valence-corrected chi connectivity index (χ1v) is 9.51.